The zero-order chi connectivity index (χ0) is 13.3. The lowest BCUT2D eigenvalue weighted by Gasteiger charge is -2.12. The molecule has 3 nitrogen and oxygen atoms in total. The van der Waals surface area contributed by atoms with E-state index in [2.05, 4.69) is 21.0 Å². The van der Waals surface area contributed by atoms with Crippen molar-refractivity contribution >= 4 is 15.9 Å². The average Bonchev–Trinajstić information content (AvgIpc) is 2.75. The second-order valence-electron chi connectivity index (χ2n) is 4.18. The Labute approximate surface area is 114 Å². The quantitative estimate of drug-likeness (QED) is 0.943. The molecule has 1 aromatic carbocycles. The summed E-state index contributed by atoms with van der Waals surface area (Å²) >= 11 is 3.45. The molecule has 0 aliphatic carbocycles. The van der Waals surface area contributed by atoms with E-state index in [9.17, 15) is 4.39 Å². The summed E-state index contributed by atoms with van der Waals surface area (Å²) in [6, 6.07) is 4.48. The molecule has 0 aliphatic rings. The van der Waals surface area contributed by atoms with E-state index in [4.69, 9.17) is 5.73 Å². The predicted molar refractivity (Wildman–Crippen MR) is 73.6 cm³/mol. The van der Waals surface area contributed by atoms with Gasteiger partial charge in [0.05, 0.1) is 11.9 Å². The van der Waals surface area contributed by atoms with E-state index < -0.39 is 0 Å². The van der Waals surface area contributed by atoms with Crippen molar-refractivity contribution in [2.45, 2.75) is 26.4 Å². The van der Waals surface area contributed by atoms with Crippen LogP contribution in [0.1, 0.15) is 25.5 Å². The fourth-order valence-corrected chi connectivity index (χ4v) is 2.38. The summed E-state index contributed by atoms with van der Waals surface area (Å²) in [5.41, 5.74) is 8.52. The molecule has 2 aromatic rings. The minimum Gasteiger partial charge on any atom is -0.324 e. The van der Waals surface area contributed by atoms with Crippen LogP contribution in [0.4, 0.5) is 4.39 Å². The summed E-state index contributed by atoms with van der Waals surface area (Å²) in [7, 11) is 0. The van der Waals surface area contributed by atoms with Crippen LogP contribution >= 0.6 is 15.9 Å². The first-order valence-corrected chi connectivity index (χ1v) is 6.60. The summed E-state index contributed by atoms with van der Waals surface area (Å²) < 4.78 is 16.1. The molecule has 0 radical (unpaired) electrons. The van der Waals surface area contributed by atoms with Gasteiger partial charge in [-0.05, 0) is 32.0 Å². The first kappa shape index (κ1) is 13.2. The predicted octanol–water partition coefficient (Wildman–Crippen LogP) is 3.49. The van der Waals surface area contributed by atoms with Crippen molar-refractivity contribution in [3.8, 4) is 11.3 Å². The number of hydrogen-bond donors (Lipinski definition) is 1. The maximum Gasteiger partial charge on any atom is 0.123 e. The summed E-state index contributed by atoms with van der Waals surface area (Å²) in [6.07, 6.45) is 1.75. The van der Waals surface area contributed by atoms with Gasteiger partial charge < -0.3 is 5.73 Å². The lowest BCUT2D eigenvalue weighted by atomic mass is 10.0. The van der Waals surface area contributed by atoms with Crippen LogP contribution in [0.25, 0.3) is 11.3 Å². The Bertz CT molecular complexity index is 563. The van der Waals surface area contributed by atoms with Crippen LogP contribution in [-0.4, -0.2) is 9.78 Å². The largest absolute Gasteiger partial charge is 0.324 e. The Morgan fingerprint density at radius 3 is 2.83 bits per heavy atom. The van der Waals surface area contributed by atoms with Gasteiger partial charge in [-0.2, -0.15) is 5.10 Å². The van der Waals surface area contributed by atoms with Crippen molar-refractivity contribution in [3.63, 3.8) is 0 Å². The molecule has 2 rings (SSSR count). The van der Waals surface area contributed by atoms with Crippen LogP contribution < -0.4 is 5.73 Å². The molecular weight excluding hydrogens is 297 g/mol. The molecule has 5 heteroatoms. The molecule has 0 spiro atoms. The molecule has 0 amide bonds. The van der Waals surface area contributed by atoms with Gasteiger partial charge in [0.1, 0.15) is 5.82 Å². The molecule has 0 aliphatic heterocycles. The number of hydrogen-bond acceptors (Lipinski definition) is 2. The van der Waals surface area contributed by atoms with E-state index >= 15 is 0 Å². The van der Waals surface area contributed by atoms with Crippen LogP contribution in [0, 0.1) is 5.82 Å². The molecule has 0 bridgehead atoms. The third-order valence-electron chi connectivity index (χ3n) is 2.84. The van der Waals surface area contributed by atoms with E-state index in [-0.39, 0.29) is 11.9 Å². The van der Waals surface area contributed by atoms with E-state index in [0.717, 1.165) is 21.3 Å². The minimum absolute atomic E-state index is 0.143. The van der Waals surface area contributed by atoms with Crippen molar-refractivity contribution in [3.05, 3.63) is 40.2 Å². The van der Waals surface area contributed by atoms with Gasteiger partial charge in [-0.25, -0.2) is 4.39 Å². The molecule has 18 heavy (non-hydrogen) atoms. The molecule has 96 valence electrons. The van der Waals surface area contributed by atoms with Crippen molar-refractivity contribution < 1.29 is 4.39 Å². The zero-order valence-corrected chi connectivity index (χ0v) is 11.9. The molecule has 0 saturated carbocycles. The standard InChI is InChI=1S/C13H15BrFN3/c1-3-18-13(11(7-17-18)8(2)16)10-6-9(15)4-5-12(10)14/h4-8H,3,16H2,1-2H3. The number of halogens is 2. The fourth-order valence-electron chi connectivity index (χ4n) is 1.95. The highest BCUT2D eigenvalue weighted by Gasteiger charge is 2.17. The normalized spacial score (nSPS) is 12.7. The Kier molecular flexibility index (Phi) is 3.82. The van der Waals surface area contributed by atoms with Gasteiger partial charge in [0.15, 0.2) is 0 Å². The van der Waals surface area contributed by atoms with E-state index in [1.54, 1.807) is 12.3 Å². The maximum absolute atomic E-state index is 13.4. The number of rotatable bonds is 3. The van der Waals surface area contributed by atoms with Crippen LogP contribution in [0.3, 0.4) is 0 Å². The maximum atomic E-state index is 13.4. The highest BCUT2D eigenvalue weighted by Crippen LogP contribution is 2.33. The van der Waals surface area contributed by atoms with Crippen LogP contribution in [0.5, 0.6) is 0 Å². The first-order chi connectivity index (χ1) is 8.54. The summed E-state index contributed by atoms with van der Waals surface area (Å²) in [5.74, 6) is -0.271. The molecule has 1 unspecified atom stereocenters. The van der Waals surface area contributed by atoms with Crippen LogP contribution in [-0.2, 0) is 6.54 Å². The van der Waals surface area contributed by atoms with Gasteiger partial charge in [-0.3, -0.25) is 4.68 Å². The van der Waals surface area contributed by atoms with Gasteiger partial charge in [-0.15, -0.1) is 0 Å². The number of aryl methyl sites for hydroxylation is 1. The summed E-state index contributed by atoms with van der Waals surface area (Å²) in [6.45, 7) is 4.60. The molecule has 1 aromatic heterocycles. The monoisotopic (exact) mass is 311 g/mol. The first-order valence-electron chi connectivity index (χ1n) is 5.81. The smallest absolute Gasteiger partial charge is 0.123 e. The third-order valence-corrected chi connectivity index (χ3v) is 3.53. The van der Waals surface area contributed by atoms with Crippen LogP contribution in [0.2, 0.25) is 0 Å². The van der Waals surface area contributed by atoms with Crippen LogP contribution in [0.15, 0.2) is 28.9 Å². The van der Waals surface area contributed by atoms with Gasteiger partial charge in [0.25, 0.3) is 0 Å². The van der Waals surface area contributed by atoms with Gasteiger partial charge >= 0.3 is 0 Å². The molecule has 1 atom stereocenters. The second-order valence-corrected chi connectivity index (χ2v) is 5.03. The minimum atomic E-state index is -0.271. The van der Waals surface area contributed by atoms with Gasteiger partial charge in [0.2, 0.25) is 0 Å². The molecule has 0 saturated heterocycles. The topological polar surface area (TPSA) is 43.8 Å². The molecular formula is C13H15BrFN3. The number of nitrogens with zero attached hydrogens (tertiary/aromatic N) is 2. The van der Waals surface area contributed by atoms with E-state index in [0.29, 0.717) is 6.54 Å². The second kappa shape index (κ2) is 5.20. The van der Waals surface area contributed by atoms with Gasteiger partial charge in [-0.1, -0.05) is 15.9 Å². The van der Waals surface area contributed by atoms with Crippen molar-refractivity contribution in [2.75, 3.05) is 0 Å². The molecule has 1 heterocycles. The SMILES string of the molecule is CCn1ncc(C(C)N)c1-c1cc(F)ccc1Br. The lowest BCUT2D eigenvalue weighted by Crippen LogP contribution is -2.07. The number of nitrogens with two attached hydrogens (primary N) is 1. The highest BCUT2D eigenvalue weighted by atomic mass is 79.9. The number of benzene rings is 1. The van der Waals surface area contributed by atoms with E-state index in [1.807, 2.05) is 18.5 Å². The van der Waals surface area contributed by atoms with Crippen molar-refractivity contribution in [1.29, 1.82) is 0 Å². The summed E-state index contributed by atoms with van der Waals surface area (Å²) in [5, 5.41) is 4.30. The lowest BCUT2D eigenvalue weighted by molar-refractivity contribution is 0.626. The Morgan fingerprint density at radius 1 is 1.50 bits per heavy atom. The average molecular weight is 312 g/mol. The van der Waals surface area contributed by atoms with Gasteiger partial charge in [0, 0.05) is 28.2 Å². The highest BCUT2D eigenvalue weighted by molar-refractivity contribution is 9.10. The zero-order valence-electron chi connectivity index (χ0n) is 10.3. The number of aromatic nitrogens is 2. The molecule has 0 fully saturated rings. The van der Waals surface area contributed by atoms with Crippen molar-refractivity contribution in [1.82, 2.24) is 9.78 Å². The summed E-state index contributed by atoms with van der Waals surface area (Å²) in [4.78, 5) is 0. The Hall–Kier alpha value is -1.20. The fraction of sp³-hybridized carbons (Fsp3) is 0.308. The molecule has 2 N–H and O–H groups in total. The Morgan fingerprint density at radius 2 is 2.22 bits per heavy atom. The van der Waals surface area contributed by atoms with Crippen molar-refractivity contribution in [2.24, 2.45) is 5.73 Å². The third kappa shape index (κ3) is 2.33. The van der Waals surface area contributed by atoms with E-state index in [1.165, 1.54) is 12.1 Å². The Balaban J connectivity index is 2.68.